The summed E-state index contributed by atoms with van der Waals surface area (Å²) < 4.78 is 26.8. The first-order chi connectivity index (χ1) is 9.86. The van der Waals surface area contributed by atoms with Crippen molar-refractivity contribution in [2.75, 3.05) is 5.32 Å². The molecule has 0 unspecified atom stereocenters. The average Bonchev–Trinajstić information content (AvgIpc) is 2.35. The van der Waals surface area contributed by atoms with Gasteiger partial charge in [0.15, 0.2) is 5.82 Å². The maximum Gasteiger partial charge on any atom is 0.298 e. The van der Waals surface area contributed by atoms with Crippen LogP contribution in [0, 0.1) is 35.6 Å². The molecular weight excluding hydrogens is 278 g/mol. The molecular formula is C15H14F2N2O2. The first-order valence-electron chi connectivity index (χ1n) is 6.31. The Bertz CT molecular complexity index is 682. The molecule has 2 aromatic carbocycles. The van der Waals surface area contributed by atoms with Crippen LogP contribution in [0.5, 0.6) is 0 Å². The minimum absolute atomic E-state index is 0.214. The first kappa shape index (κ1) is 14.9. The molecule has 1 N–H and O–H groups in total. The van der Waals surface area contributed by atoms with Gasteiger partial charge in [0.05, 0.1) is 11.0 Å². The summed E-state index contributed by atoms with van der Waals surface area (Å²) in [6.07, 6.45) is 0. The second kappa shape index (κ2) is 5.87. The van der Waals surface area contributed by atoms with Crippen LogP contribution in [0.2, 0.25) is 0 Å². The molecule has 0 aliphatic heterocycles. The van der Waals surface area contributed by atoms with Gasteiger partial charge in [0, 0.05) is 12.6 Å². The maximum atomic E-state index is 13.7. The van der Waals surface area contributed by atoms with Crippen LogP contribution in [0.1, 0.15) is 16.7 Å². The Kier molecular flexibility index (Phi) is 4.16. The Balaban J connectivity index is 2.29. The van der Waals surface area contributed by atoms with E-state index in [-0.39, 0.29) is 12.2 Å². The highest BCUT2D eigenvalue weighted by molar-refractivity contribution is 5.62. The van der Waals surface area contributed by atoms with Crippen molar-refractivity contribution in [3.8, 4) is 0 Å². The molecule has 0 bridgehead atoms. The molecule has 0 fully saturated rings. The predicted octanol–water partition coefficient (Wildman–Crippen LogP) is 4.10. The Morgan fingerprint density at radius 2 is 1.71 bits per heavy atom. The first-order valence-corrected chi connectivity index (χ1v) is 6.31. The van der Waals surface area contributed by atoms with Gasteiger partial charge >= 0.3 is 0 Å². The lowest BCUT2D eigenvalue weighted by molar-refractivity contribution is -0.384. The standard InChI is InChI=1S/C15H14F2N2O2/c1-9-3-10(2)5-11(4-9)8-18-15-13(17)6-12(16)7-14(15)19(20)21/h3-7,18H,8H2,1-2H3. The van der Waals surface area contributed by atoms with Crippen LogP contribution >= 0.6 is 0 Å². The molecule has 6 heteroatoms. The van der Waals surface area contributed by atoms with Gasteiger partial charge in [-0.25, -0.2) is 8.78 Å². The Morgan fingerprint density at radius 3 is 2.29 bits per heavy atom. The number of aryl methyl sites for hydroxylation is 2. The quantitative estimate of drug-likeness (QED) is 0.681. The van der Waals surface area contributed by atoms with Crippen LogP contribution in [0.3, 0.4) is 0 Å². The van der Waals surface area contributed by atoms with Crippen molar-refractivity contribution in [3.05, 3.63) is 68.8 Å². The van der Waals surface area contributed by atoms with Crippen LogP contribution in [-0.4, -0.2) is 4.92 Å². The van der Waals surface area contributed by atoms with Gasteiger partial charge < -0.3 is 5.32 Å². The molecule has 0 radical (unpaired) electrons. The van der Waals surface area contributed by atoms with Crippen molar-refractivity contribution in [2.45, 2.75) is 20.4 Å². The molecule has 0 atom stereocenters. The highest BCUT2D eigenvalue weighted by Crippen LogP contribution is 2.29. The molecule has 0 saturated heterocycles. The largest absolute Gasteiger partial charge is 0.373 e. The molecule has 21 heavy (non-hydrogen) atoms. The van der Waals surface area contributed by atoms with Gasteiger partial charge in [0.2, 0.25) is 0 Å². The number of hydrogen-bond acceptors (Lipinski definition) is 3. The smallest absolute Gasteiger partial charge is 0.298 e. The van der Waals surface area contributed by atoms with E-state index in [4.69, 9.17) is 0 Å². The summed E-state index contributed by atoms with van der Waals surface area (Å²) in [6, 6.07) is 7.11. The van der Waals surface area contributed by atoms with E-state index in [0.717, 1.165) is 16.7 Å². The van der Waals surface area contributed by atoms with Gasteiger partial charge in [-0.1, -0.05) is 29.3 Å². The van der Waals surface area contributed by atoms with Crippen LogP contribution in [0.15, 0.2) is 30.3 Å². The highest BCUT2D eigenvalue weighted by atomic mass is 19.1. The fourth-order valence-corrected chi connectivity index (χ4v) is 2.24. The summed E-state index contributed by atoms with van der Waals surface area (Å²) >= 11 is 0. The fraction of sp³-hybridized carbons (Fsp3) is 0.200. The molecule has 110 valence electrons. The molecule has 0 aromatic heterocycles. The molecule has 0 aliphatic rings. The number of benzene rings is 2. The van der Waals surface area contributed by atoms with Crippen LogP contribution < -0.4 is 5.32 Å². The Morgan fingerprint density at radius 1 is 1.10 bits per heavy atom. The number of halogens is 2. The molecule has 0 heterocycles. The van der Waals surface area contributed by atoms with Crippen molar-refractivity contribution >= 4 is 11.4 Å². The van der Waals surface area contributed by atoms with Crippen molar-refractivity contribution in [1.29, 1.82) is 0 Å². The average molecular weight is 292 g/mol. The van der Waals surface area contributed by atoms with Crippen molar-refractivity contribution in [2.24, 2.45) is 0 Å². The van der Waals surface area contributed by atoms with Crippen molar-refractivity contribution < 1.29 is 13.7 Å². The second-order valence-corrected chi connectivity index (χ2v) is 4.89. The number of nitro groups is 1. The minimum atomic E-state index is -0.980. The number of nitrogens with zero attached hydrogens (tertiary/aromatic N) is 1. The third kappa shape index (κ3) is 3.53. The molecule has 4 nitrogen and oxygen atoms in total. The van der Waals surface area contributed by atoms with E-state index in [1.54, 1.807) is 0 Å². The number of anilines is 1. The second-order valence-electron chi connectivity index (χ2n) is 4.89. The van der Waals surface area contributed by atoms with E-state index in [1.165, 1.54) is 0 Å². The lowest BCUT2D eigenvalue weighted by atomic mass is 10.1. The Hall–Kier alpha value is -2.50. The summed E-state index contributed by atoms with van der Waals surface area (Å²) in [4.78, 5) is 10.1. The predicted molar refractivity (Wildman–Crippen MR) is 76.3 cm³/mol. The van der Waals surface area contributed by atoms with E-state index >= 15 is 0 Å². The molecule has 0 spiro atoms. The normalized spacial score (nSPS) is 10.5. The van der Waals surface area contributed by atoms with Gasteiger partial charge in [-0.05, 0) is 19.4 Å². The summed E-state index contributed by atoms with van der Waals surface area (Å²) in [7, 11) is 0. The fourth-order valence-electron chi connectivity index (χ4n) is 2.24. The maximum absolute atomic E-state index is 13.7. The lowest BCUT2D eigenvalue weighted by Crippen LogP contribution is -2.06. The topological polar surface area (TPSA) is 55.2 Å². The molecule has 0 saturated carbocycles. The summed E-state index contributed by atoms with van der Waals surface area (Å²) in [5, 5.41) is 13.6. The van der Waals surface area contributed by atoms with Gasteiger partial charge in [0.25, 0.3) is 5.69 Å². The molecule has 0 amide bonds. The zero-order valence-electron chi connectivity index (χ0n) is 11.6. The number of nitrogens with one attached hydrogen (secondary N) is 1. The van der Waals surface area contributed by atoms with Gasteiger partial charge in [0.1, 0.15) is 11.5 Å². The van der Waals surface area contributed by atoms with Crippen molar-refractivity contribution in [1.82, 2.24) is 0 Å². The molecule has 2 aromatic rings. The lowest BCUT2D eigenvalue weighted by Gasteiger charge is -2.10. The monoisotopic (exact) mass is 292 g/mol. The highest BCUT2D eigenvalue weighted by Gasteiger charge is 2.20. The molecule has 2 rings (SSSR count). The summed E-state index contributed by atoms with van der Waals surface area (Å²) in [5.74, 6) is -1.96. The number of hydrogen-bond donors (Lipinski definition) is 1. The van der Waals surface area contributed by atoms with E-state index in [1.807, 2.05) is 32.0 Å². The summed E-state index contributed by atoms with van der Waals surface area (Å²) in [5.41, 5.74) is 2.03. The SMILES string of the molecule is Cc1cc(C)cc(CNc2c(F)cc(F)cc2[N+](=O)[O-])c1. The van der Waals surface area contributed by atoms with E-state index in [2.05, 4.69) is 5.32 Å². The zero-order valence-corrected chi connectivity index (χ0v) is 11.6. The third-order valence-electron chi connectivity index (χ3n) is 2.98. The van der Waals surface area contributed by atoms with Crippen LogP contribution in [-0.2, 0) is 6.54 Å². The zero-order chi connectivity index (χ0) is 15.6. The van der Waals surface area contributed by atoms with Crippen molar-refractivity contribution in [3.63, 3.8) is 0 Å². The van der Waals surface area contributed by atoms with Crippen LogP contribution in [0.4, 0.5) is 20.2 Å². The number of nitro benzene ring substituents is 1. The van der Waals surface area contributed by atoms with Gasteiger partial charge in [-0.3, -0.25) is 10.1 Å². The molecule has 0 aliphatic carbocycles. The minimum Gasteiger partial charge on any atom is -0.373 e. The third-order valence-corrected chi connectivity index (χ3v) is 2.98. The van der Waals surface area contributed by atoms with E-state index in [0.29, 0.717) is 12.1 Å². The Labute approximate surface area is 120 Å². The van der Waals surface area contributed by atoms with Gasteiger partial charge in [-0.2, -0.15) is 0 Å². The van der Waals surface area contributed by atoms with E-state index < -0.39 is 22.2 Å². The van der Waals surface area contributed by atoms with Crippen LogP contribution in [0.25, 0.3) is 0 Å². The number of rotatable bonds is 4. The van der Waals surface area contributed by atoms with Gasteiger partial charge in [-0.15, -0.1) is 0 Å². The van der Waals surface area contributed by atoms with E-state index in [9.17, 15) is 18.9 Å². The summed E-state index contributed by atoms with van der Waals surface area (Å²) in [6.45, 7) is 4.07.